The average molecular weight is 415 g/mol. The van der Waals surface area contributed by atoms with Crippen LogP contribution >= 0.6 is 0 Å². The van der Waals surface area contributed by atoms with Crippen molar-refractivity contribution in [2.45, 2.75) is 33.7 Å². The molecule has 0 saturated carbocycles. The van der Waals surface area contributed by atoms with Crippen molar-refractivity contribution in [3.05, 3.63) is 82.7 Å². The van der Waals surface area contributed by atoms with Crippen LogP contribution in [0, 0.1) is 12.7 Å². The number of ketones is 3. The molecule has 0 unspecified atom stereocenters. The Labute approximate surface area is 179 Å². The van der Waals surface area contributed by atoms with E-state index < -0.39 is 0 Å². The molecule has 4 aromatic rings. The lowest BCUT2D eigenvalue weighted by atomic mass is 9.97. The molecule has 0 amide bonds. The van der Waals surface area contributed by atoms with E-state index in [4.69, 9.17) is 0 Å². The second kappa shape index (κ2) is 7.91. The Morgan fingerprint density at radius 3 is 2.06 bits per heavy atom. The van der Waals surface area contributed by atoms with E-state index >= 15 is 0 Å². The molecule has 31 heavy (non-hydrogen) atoms. The molecule has 1 heterocycles. The highest BCUT2D eigenvalue weighted by atomic mass is 19.1. The van der Waals surface area contributed by atoms with Crippen molar-refractivity contribution >= 4 is 39.2 Å². The van der Waals surface area contributed by atoms with Gasteiger partial charge in [0.25, 0.3) is 0 Å². The van der Waals surface area contributed by atoms with Crippen molar-refractivity contribution < 1.29 is 18.8 Å². The molecular weight excluding hydrogens is 393 g/mol. The van der Waals surface area contributed by atoms with E-state index in [0.29, 0.717) is 22.3 Å². The zero-order valence-electron chi connectivity index (χ0n) is 17.7. The standard InChI is InChI=1S/C26H22FNO3/c1-4-28-23-9-5-17(25(30)12-16(3)29)13-21(23)22-14-18(6-10-24(22)28)26(31)20-8-7-19(27)11-15(20)2/h5-11,13-14H,4,12H2,1-3H3. The summed E-state index contributed by atoms with van der Waals surface area (Å²) < 4.78 is 15.6. The zero-order chi connectivity index (χ0) is 22.3. The van der Waals surface area contributed by atoms with Crippen LogP contribution in [-0.4, -0.2) is 21.9 Å². The summed E-state index contributed by atoms with van der Waals surface area (Å²) in [6.07, 6.45) is -0.133. The largest absolute Gasteiger partial charge is 0.341 e. The quantitative estimate of drug-likeness (QED) is 0.302. The monoisotopic (exact) mass is 415 g/mol. The number of Topliss-reactive ketones (excluding diaryl/α,β-unsaturated/α-hetero) is 2. The summed E-state index contributed by atoms with van der Waals surface area (Å²) in [4.78, 5) is 36.9. The topological polar surface area (TPSA) is 56.1 Å². The van der Waals surface area contributed by atoms with Gasteiger partial charge in [-0.05, 0) is 80.9 Å². The van der Waals surface area contributed by atoms with Gasteiger partial charge < -0.3 is 4.57 Å². The number of benzene rings is 3. The smallest absolute Gasteiger partial charge is 0.193 e. The molecule has 1 aromatic heterocycles. The van der Waals surface area contributed by atoms with Crippen LogP contribution in [0.25, 0.3) is 21.8 Å². The fourth-order valence-electron chi connectivity index (χ4n) is 4.12. The number of carbonyl (C=O) groups is 3. The van der Waals surface area contributed by atoms with E-state index in [2.05, 4.69) is 4.57 Å². The van der Waals surface area contributed by atoms with Crippen LogP contribution < -0.4 is 0 Å². The molecule has 0 aliphatic rings. The first-order valence-corrected chi connectivity index (χ1v) is 10.2. The van der Waals surface area contributed by atoms with Gasteiger partial charge in [-0.25, -0.2) is 4.39 Å². The molecule has 0 radical (unpaired) electrons. The van der Waals surface area contributed by atoms with Crippen LogP contribution in [0.15, 0.2) is 54.6 Å². The Bertz CT molecular complexity index is 1380. The number of aryl methyl sites for hydroxylation is 2. The van der Waals surface area contributed by atoms with Crippen molar-refractivity contribution in [1.82, 2.24) is 4.57 Å². The maximum atomic E-state index is 13.5. The third-order valence-corrected chi connectivity index (χ3v) is 5.61. The zero-order valence-corrected chi connectivity index (χ0v) is 17.7. The lowest BCUT2D eigenvalue weighted by Crippen LogP contribution is -2.04. The summed E-state index contributed by atoms with van der Waals surface area (Å²) in [5.74, 6) is -0.955. The minimum atomic E-state index is -0.377. The van der Waals surface area contributed by atoms with E-state index in [9.17, 15) is 18.8 Å². The van der Waals surface area contributed by atoms with E-state index in [1.807, 2.05) is 25.1 Å². The Kier molecular flexibility index (Phi) is 5.27. The molecule has 3 aromatic carbocycles. The fourth-order valence-corrected chi connectivity index (χ4v) is 4.12. The molecule has 0 aliphatic heterocycles. The molecule has 0 fully saturated rings. The first kappa shape index (κ1) is 20.7. The average Bonchev–Trinajstić information content (AvgIpc) is 3.05. The van der Waals surface area contributed by atoms with Crippen LogP contribution in [0.5, 0.6) is 0 Å². The summed E-state index contributed by atoms with van der Waals surface area (Å²) in [5.41, 5.74) is 3.93. The molecule has 4 nitrogen and oxygen atoms in total. The summed E-state index contributed by atoms with van der Waals surface area (Å²) in [5, 5.41) is 1.72. The molecular formula is C26H22FNO3. The van der Waals surface area contributed by atoms with Crippen molar-refractivity contribution in [1.29, 1.82) is 0 Å². The summed E-state index contributed by atoms with van der Waals surface area (Å²) in [7, 11) is 0. The number of nitrogens with zero attached hydrogens (tertiary/aromatic N) is 1. The predicted molar refractivity (Wildman–Crippen MR) is 119 cm³/mol. The first-order chi connectivity index (χ1) is 14.8. The van der Waals surface area contributed by atoms with Crippen LogP contribution in [0.3, 0.4) is 0 Å². The van der Waals surface area contributed by atoms with E-state index in [1.165, 1.54) is 25.1 Å². The van der Waals surface area contributed by atoms with Crippen molar-refractivity contribution in [3.8, 4) is 0 Å². The van der Waals surface area contributed by atoms with Crippen molar-refractivity contribution in [2.75, 3.05) is 0 Å². The Balaban J connectivity index is 1.89. The van der Waals surface area contributed by atoms with E-state index in [0.717, 1.165) is 28.4 Å². The van der Waals surface area contributed by atoms with Gasteiger partial charge >= 0.3 is 0 Å². The fraction of sp³-hybridized carbons (Fsp3) is 0.192. The third kappa shape index (κ3) is 3.67. The van der Waals surface area contributed by atoms with Crippen molar-refractivity contribution in [2.24, 2.45) is 0 Å². The minimum Gasteiger partial charge on any atom is -0.341 e. The van der Waals surface area contributed by atoms with Crippen LogP contribution in [0.2, 0.25) is 0 Å². The van der Waals surface area contributed by atoms with Gasteiger partial charge in [-0.15, -0.1) is 0 Å². The maximum absolute atomic E-state index is 13.5. The summed E-state index contributed by atoms with van der Waals surface area (Å²) in [6, 6.07) is 15.1. The molecule has 0 saturated heterocycles. The number of fused-ring (bicyclic) bond motifs is 3. The number of aromatic nitrogens is 1. The summed E-state index contributed by atoms with van der Waals surface area (Å²) in [6.45, 7) is 5.87. The highest BCUT2D eigenvalue weighted by molar-refractivity contribution is 6.16. The molecule has 0 aliphatic carbocycles. The van der Waals surface area contributed by atoms with Gasteiger partial charge in [-0.2, -0.15) is 0 Å². The van der Waals surface area contributed by atoms with Gasteiger partial charge in [-0.3, -0.25) is 14.4 Å². The summed E-state index contributed by atoms with van der Waals surface area (Å²) >= 11 is 0. The highest BCUT2D eigenvalue weighted by Gasteiger charge is 2.17. The molecule has 0 N–H and O–H groups in total. The predicted octanol–water partition coefficient (Wildman–Crippen LogP) is 5.65. The van der Waals surface area contributed by atoms with Crippen molar-refractivity contribution in [3.63, 3.8) is 0 Å². The van der Waals surface area contributed by atoms with Crippen LogP contribution in [0.4, 0.5) is 4.39 Å². The Hall–Kier alpha value is -3.60. The molecule has 5 heteroatoms. The van der Waals surface area contributed by atoms with Gasteiger partial charge in [0.15, 0.2) is 11.6 Å². The molecule has 0 bridgehead atoms. The number of halogens is 1. The molecule has 0 spiro atoms. The lowest BCUT2D eigenvalue weighted by Gasteiger charge is -2.06. The minimum absolute atomic E-state index is 0.133. The highest BCUT2D eigenvalue weighted by Crippen LogP contribution is 2.32. The third-order valence-electron chi connectivity index (χ3n) is 5.61. The number of carbonyl (C=O) groups excluding carboxylic acids is 3. The Morgan fingerprint density at radius 2 is 1.48 bits per heavy atom. The van der Waals surface area contributed by atoms with Gasteiger partial charge in [0.1, 0.15) is 11.6 Å². The van der Waals surface area contributed by atoms with Crippen LogP contribution in [-0.2, 0) is 11.3 Å². The van der Waals surface area contributed by atoms with Gasteiger partial charge in [-0.1, -0.05) is 0 Å². The molecule has 156 valence electrons. The van der Waals surface area contributed by atoms with Gasteiger partial charge in [0.2, 0.25) is 0 Å². The first-order valence-electron chi connectivity index (χ1n) is 10.2. The Morgan fingerprint density at radius 1 is 0.871 bits per heavy atom. The van der Waals surface area contributed by atoms with Gasteiger partial charge in [0.05, 0.1) is 6.42 Å². The molecule has 0 atom stereocenters. The second-order valence-electron chi connectivity index (χ2n) is 7.80. The number of hydrogen-bond donors (Lipinski definition) is 0. The van der Waals surface area contributed by atoms with E-state index in [1.54, 1.807) is 25.1 Å². The second-order valence-corrected chi connectivity index (χ2v) is 7.80. The number of rotatable bonds is 6. The lowest BCUT2D eigenvalue weighted by molar-refractivity contribution is -0.116. The van der Waals surface area contributed by atoms with E-state index in [-0.39, 0.29) is 29.6 Å². The SMILES string of the molecule is CCn1c2ccc(C(=O)CC(C)=O)cc2c2cc(C(=O)c3ccc(F)cc3C)ccc21. The van der Waals surface area contributed by atoms with Gasteiger partial charge in [0, 0.05) is 45.0 Å². The maximum Gasteiger partial charge on any atom is 0.193 e. The normalized spacial score (nSPS) is 11.2. The number of hydrogen-bond acceptors (Lipinski definition) is 3. The van der Waals surface area contributed by atoms with Crippen LogP contribution in [0.1, 0.15) is 52.1 Å². The molecule has 4 rings (SSSR count).